The number of aromatic amines is 1. The number of aromatic nitrogens is 3. The predicted octanol–water partition coefficient (Wildman–Crippen LogP) is 3.73. The quantitative estimate of drug-likeness (QED) is 0.899. The van der Waals surface area contributed by atoms with Crippen molar-refractivity contribution in [1.82, 2.24) is 19.9 Å². The lowest BCUT2D eigenvalue weighted by atomic mass is 9.94. The molecule has 134 valence electrons. The Morgan fingerprint density at radius 3 is 2.56 bits per heavy atom. The number of rotatable bonds is 2. The monoisotopic (exact) mass is 346 g/mol. The molecule has 1 saturated heterocycles. The number of H-pyrrole nitrogens is 1. The van der Waals surface area contributed by atoms with Gasteiger partial charge in [-0.15, -0.1) is 0 Å². The van der Waals surface area contributed by atoms with E-state index in [0.29, 0.717) is 30.5 Å². The number of hydrogen-bond donors (Lipinski definition) is 1. The number of carbonyl (C=O) groups is 1. The van der Waals surface area contributed by atoms with E-state index in [1.165, 1.54) is 12.3 Å². The summed E-state index contributed by atoms with van der Waals surface area (Å²) >= 11 is 0. The Labute approximate surface area is 146 Å². The van der Waals surface area contributed by atoms with E-state index in [9.17, 15) is 9.18 Å². The standard InChI is InChI=1S/C18H23FN4O2/c1-18(2,3)25-17(24)23-8-6-12(7-9-23)15-11-21-16(22-15)14-5-4-13(19)10-20-14/h4-5,10-12H,6-9H2,1-3H3,(H,21,22). The van der Waals surface area contributed by atoms with Gasteiger partial charge in [0.25, 0.3) is 0 Å². The Bertz CT molecular complexity index is 728. The molecule has 0 aromatic carbocycles. The highest BCUT2D eigenvalue weighted by atomic mass is 19.1. The molecule has 0 saturated carbocycles. The topological polar surface area (TPSA) is 71.1 Å². The molecule has 0 radical (unpaired) electrons. The van der Waals surface area contributed by atoms with Crippen LogP contribution < -0.4 is 0 Å². The average molecular weight is 346 g/mol. The van der Waals surface area contributed by atoms with Crippen molar-refractivity contribution in [2.24, 2.45) is 0 Å². The zero-order valence-corrected chi connectivity index (χ0v) is 14.8. The van der Waals surface area contributed by atoms with E-state index < -0.39 is 5.60 Å². The normalized spacial score (nSPS) is 16.1. The number of imidazole rings is 1. The predicted molar refractivity (Wildman–Crippen MR) is 91.6 cm³/mol. The number of pyridine rings is 1. The van der Waals surface area contributed by atoms with E-state index in [0.717, 1.165) is 18.5 Å². The molecule has 1 amide bonds. The van der Waals surface area contributed by atoms with Gasteiger partial charge in [-0.3, -0.25) is 0 Å². The molecule has 3 heterocycles. The molecule has 0 bridgehead atoms. The van der Waals surface area contributed by atoms with Crippen molar-refractivity contribution >= 4 is 6.09 Å². The Hall–Kier alpha value is -2.44. The van der Waals surface area contributed by atoms with E-state index in [4.69, 9.17) is 4.74 Å². The van der Waals surface area contributed by atoms with Crippen molar-refractivity contribution in [3.63, 3.8) is 0 Å². The van der Waals surface area contributed by atoms with Crippen LogP contribution in [0.15, 0.2) is 24.5 Å². The summed E-state index contributed by atoms with van der Waals surface area (Å²) in [5.74, 6) is 0.565. The van der Waals surface area contributed by atoms with Gasteiger partial charge in [0.15, 0.2) is 5.82 Å². The lowest BCUT2D eigenvalue weighted by molar-refractivity contribution is 0.0204. The number of ether oxygens (including phenoxy) is 1. The van der Waals surface area contributed by atoms with Crippen molar-refractivity contribution in [1.29, 1.82) is 0 Å². The number of nitrogens with one attached hydrogen (secondary N) is 1. The van der Waals surface area contributed by atoms with Crippen LogP contribution >= 0.6 is 0 Å². The van der Waals surface area contributed by atoms with Crippen molar-refractivity contribution in [2.45, 2.75) is 45.1 Å². The first-order valence-corrected chi connectivity index (χ1v) is 8.46. The van der Waals surface area contributed by atoms with E-state index in [1.54, 1.807) is 17.2 Å². The minimum atomic E-state index is -0.478. The summed E-state index contributed by atoms with van der Waals surface area (Å²) in [5.41, 5.74) is 1.15. The molecule has 1 fully saturated rings. The molecule has 25 heavy (non-hydrogen) atoms. The second-order valence-electron chi connectivity index (χ2n) is 7.29. The summed E-state index contributed by atoms with van der Waals surface area (Å²) in [5, 5.41) is 0. The van der Waals surface area contributed by atoms with Gasteiger partial charge in [0, 0.05) is 30.9 Å². The van der Waals surface area contributed by atoms with E-state index in [-0.39, 0.29) is 11.9 Å². The van der Waals surface area contributed by atoms with Gasteiger partial charge in [0.1, 0.15) is 17.1 Å². The number of carbonyl (C=O) groups excluding carboxylic acids is 1. The fourth-order valence-electron chi connectivity index (χ4n) is 2.89. The zero-order chi connectivity index (χ0) is 18.0. The SMILES string of the molecule is CC(C)(C)OC(=O)N1CCC(c2cnc(-c3ccc(F)cn3)[nH]2)CC1. The van der Waals surface area contributed by atoms with Gasteiger partial charge in [-0.2, -0.15) is 0 Å². The van der Waals surface area contributed by atoms with Crippen LogP contribution in [0.5, 0.6) is 0 Å². The number of piperidine rings is 1. The minimum Gasteiger partial charge on any atom is -0.444 e. The van der Waals surface area contributed by atoms with Gasteiger partial charge >= 0.3 is 6.09 Å². The van der Waals surface area contributed by atoms with Crippen molar-refractivity contribution in [2.75, 3.05) is 13.1 Å². The Balaban J connectivity index is 1.60. The third-order valence-electron chi connectivity index (χ3n) is 4.15. The molecule has 0 atom stereocenters. The zero-order valence-electron chi connectivity index (χ0n) is 14.8. The lowest BCUT2D eigenvalue weighted by Crippen LogP contribution is -2.41. The molecule has 2 aromatic rings. The fourth-order valence-corrected chi connectivity index (χ4v) is 2.89. The number of likely N-dealkylation sites (tertiary alicyclic amines) is 1. The molecule has 7 heteroatoms. The van der Waals surface area contributed by atoms with Crippen LogP contribution in [0.4, 0.5) is 9.18 Å². The van der Waals surface area contributed by atoms with Crippen LogP contribution in [0, 0.1) is 5.82 Å². The molecule has 0 aliphatic carbocycles. The first-order valence-electron chi connectivity index (χ1n) is 8.46. The third-order valence-corrected chi connectivity index (χ3v) is 4.15. The molecule has 1 N–H and O–H groups in total. The van der Waals surface area contributed by atoms with Gasteiger partial charge in [0.05, 0.1) is 6.20 Å². The Morgan fingerprint density at radius 1 is 1.24 bits per heavy atom. The molecule has 0 spiro atoms. The second-order valence-corrected chi connectivity index (χ2v) is 7.29. The van der Waals surface area contributed by atoms with E-state index >= 15 is 0 Å². The van der Waals surface area contributed by atoms with Gasteiger partial charge < -0.3 is 14.6 Å². The second kappa shape index (κ2) is 6.82. The first kappa shape index (κ1) is 17.4. The van der Waals surface area contributed by atoms with Crippen LogP contribution in [0.25, 0.3) is 11.5 Å². The molecule has 6 nitrogen and oxygen atoms in total. The summed E-state index contributed by atoms with van der Waals surface area (Å²) in [6, 6.07) is 2.97. The average Bonchev–Trinajstić information content (AvgIpc) is 3.04. The first-order chi connectivity index (χ1) is 11.8. The lowest BCUT2D eigenvalue weighted by Gasteiger charge is -2.33. The number of hydrogen-bond acceptors (Lipinski definition) is 4. The summed E-state index contributed by atoms with van der Waals surface area (Å²) in [6.45, 7) is 6.92. The largest absolute Gasteiger partial charge is 0.444 e. The molecule has 1 aliphatic heterocycles. The maximum Gasteiger partial charge on any atom is 0.410 e. The molecular weight excluding hydrogens is 323 g/mol. The highest BCUT2D eigenvalue weighted by molar-refractivity contribution is 5.68. The number of amides is 1. The Kier molecular flexibility index (Phi) is 4.74. The van der Waals surface area contributed by atoms with Crippen molar-refractivity contribution in [3.05, 3.63) is 36.0 Å². The van der Waals surface area contributed by atoms with Crippen molar-refractivity contribution in [3.8, 4) is 11.5 Å². The highest BCUT2D eigenvalue weighted by Gasteiger charge is 2.28. The van der Waals surface area contributed by atoms with E-state index in [1.807, 2.05) is 20.8 Å². The number of halogens is 1. The van der Waals surface area contributed by atoms with Gasteiger partial charge in [0.2, 0.25) is 0 Å². The summed E-state index contributed by atoms with van der Waals surface area (Å²) < 4.78 is 18.4. The van der Waals surface area contributed by atoms with Crippen LogP contribution in [0.2, 0.25) is 0 Å². The summed E-state index contributed by atoms with van der Waals surface area (Å²) in [4.78, 5) is 25.5. The van der Waals surface area contributed by atoms with Crippen LogP contribution in [-0.2, 0) is 4.74 Å². The van der Waals surface area contributed by atoms with Crippen LogP contribution in [0.1, 0.15) is 45.2 Å². The smallest absolute Gasteiger partial charge is 0.410 e. The Morgan fingerprint density at radius 2 is 1.96 bits per heavy atom. The minimum absolute atomic E-state index is 0.258. The van der Waals surface area contributed by atoms with Gasteiger partial charge in [-0.25, -0.2) is 19.2 Å². The highest BCUT2D eigenvalue weighted by Crippen LogP contribution is 2.28. The summed E-state index contributed by atoms with van der Waals surface area (Å²) in [6.07, 6.45) is 4.41. The maximum atomic E-state index is 13.0. The van der Waals surface area contributed by atoms with Gasteiger partial charge in [-0.05, 0) is 45.7 Å². The molecule has 1 aliphatic rings. The molecular formula is C18H23FN4O2. The fraction of sp³-hybridized carbons (Fsp3) is 0.500. The van der Waals surface area contributed by atoms with Crippen LogP contribution in [-0.4, -0.2) is 44.6 Å². The van der Waals surface area contributed by atoms with Crippen LogP contribution in [0.3, 0.4) is 0 Å². The molecule has 2 aromatic heterocycles. The number of nitrogens with zero attached hydrogens (tertiary/aromatic N) is 3. The molecule has 3 rings (SSSR count). The maximum absolute atomic E-state index is 13.0. The van der Waals surface area contributed by atoms with Gasteiger partial charge in [-0.1, -0.05) is 0 Å². The van der Waals surface area contributed by atoms with Crippen molar-refractivity contribution < 1.29 is 13.9 Å². The van der Waals surface area contributed by atoms with E-state index in [2.05, 4.69) is 15.0 Å². The third kappa shape index (κ3) is 4.35. The molecule has 0 unspecified atom stereocenters. The summed E-state index contributed by atoms with van der Waals surface area (Å²) in [7, 11) is 0.